The number of anilines is 1. The summed E-state index contributed by atoms with van der Waals surface area (Å²) in [6.45, 7) is 3.65. The van der Waals surface area contributed by atoms with Gasteiger partial charge in [0.05, 0.1) is 17.2 Å². The van der Waals surface area contributed by atoms with Crippen molar-refractivity contribution in [2.24, 2.45) is 0 Å². The van der Waals surface area contributed by atoms with Gasteiger partial charge in [0, 0.05) is 43.0 Å². The number of fused-ring (bicyclic) bond motifs is 2. The van der Waals surface area contributed by atoms with Crippen molar-refractivity contribution in [2.75, 3.05) is 31.6 Å². The number of hydrogen-bond donors (Lipinski definition) is 2. The van der Waals surface area contributed by atoms with Crippen LogP contribution in [0.1, 0.15) is 20.3 Å². The Kier molecular flexibility index (Phi) is 6.91. The highest BCUT2D eigenvalue weighted by molar-refractivity contribution is 5.90. The van der Waals surface area contributed by atoms with E-state index in [1.165, 1.54) is 4.52 Å². The predicted octanol–water partition coefficient (Wildman–Crippen LogP) is 4.18. The minimum atomic E-state index is -2.69. The first-order valence-corrected chi connectivity index (χ1v) is 12.2. The zero-order valence-corrected chi connectivity index (χ0v) is 20.6. The van der Waals surface area contributed by atoms with E-state index in [0.717, 1.165) is 16.5 Å². The van der Waals surface area contributed by atoms with Crippen molar-refractivity contribution in [1.29, 1.82) is 0 Å². The molecule has 0 radical (unpaired) electrons. The zero-order valence-electron chi connectivity index (χ0n) is 20.6. The molecular formula is C26H29F3N6O2. The summed E-state index contributed by atoms with van der Waals surface area (Å²) in [7, 11) is 0. The number of benzene rings is 1. The van der Waals surface area contributed by atoms with Gasteiger partial charge in [0.25, 0.3) is 6.43 Å². The van der Waals surface area contributed by atoms with E-state index in [0.29, 0.717) is 30.6 Å². The lowest BCUT2D eigenvalue weighted by Gasteiger charge is -2.37. The second-order valence-electron chi connectivity index (χ2n) is 9.98. The Bertz CT molecular complexity index is 1390. The molecule has 0 unspecified atom stereocenters. The van der Waals surface area contributed by atoms with E-state index in [1.54, 1.807) is 26.2 Å². The average Bonchev–Trinajstić information content (AvgIpc) is 3.27. The maximum atomic E-state index is 15.0. The molecule has 5 rings (SSSR count). The van der Waals surface area contributed by atoms with Gasteiger partial charge in [-0.05, 0) is 50.1 Å². The van der Waals surface area contributed by atoms with Crippen LogP contribution in [0, 0.1) is 0 Å². The number of aromatic nitrogens is 4. The molecule has 0 bridgehead atoms. The van der Waals surface area contributed by atoms with E-state index < -0.39 is 30.8 Å². The van der Waals surface area contributed by atoms with Crippen molar-refractivity contribution >= 4 is 22.4 Å². The van der Waals surface area contributed by atoms with Crippen molar-refractivity contribution in [3.05, 3.63) is 48.8 Å². The van der Waals surface area contributed by atoms with E-state index in [9.17, 15) is 18.3 Å². The maximum Gasteiger partial charge on any atom is 0.272 e. The Labute approximate surface area is 212 Å². The molecule has 1 aliphatic rings. The summed E-state index contributed by atoms with van der Waals surface area (Å²) in [5.41, 5.74) is 1.90. The number of nitrogens with one attached hydrogen (secondary N) is 1. The first-order chi connectivity index (χ1) is 17.7. The third-order valence-electron chi connectivity index (χ3n) is 6.29. The maximum absolute atomic E-state index is 15.0. The number of β-amino-alcohol motifs (C(OH)–C–C–N with tert-alkyl or cyclic N) is 1. The molecule has 0 amide bonds. The second-order valence-corrected chi connectivity index (χ2v) is 9.98. The first-order valence-electron chi connectivity index (χ1n) is 12.2. The van der Waals surface area contributed by atoms with E-state index in [2.05, 4.69) is 20.4 Å². The number of halogens is 3. The summed E-state index contributed by atoms with van der Waals surface area (Å²) >= 11 is 0. The fourth-order valence-corrected chi connectivity index (χ4v) is 4.76. The van der Waals surface area contributed by atoms with Gasteiger partial charge in [-0.1, -0.05) is 12.1 Å². The summed E-state index contributed by atoms with van der Waals surface area (Å²) in [5.74, 6) is 0.0733. The minimum absolute atomic E-state index is 0.0149. The molecular weight excluding hydrogens is 485 g/mol. The molecule has 1 saturated heterocycles. The highest BCUT2D eigenvalue weighted by Gasteiger charge is 2.32. The van der Waals surface area contributed by atoms with Crippen LogP contribution in [0.5, 0.6) is 5.88 Å². The lowest BCUT2D eigenvalue weighted by molar-refractivity contribution is 0.0147. The molecule has 3 aromatic heterocycles. The number of rotatable bonds is 8. The first kappa shape index (κ1) is 25.2. The van der Waals surface area contributed by atoms with Gasteiger partial charge in [-0.2, -0.15) is 4.98 Å². The van der Waals surface area contributed by atoms with Crippen LogP contribution >= 0.6 is 0 Å². The quantitative estimate of drug-likeness (QED) is 0.365. The van der Waals surface area contributed by atoms with E-state index in [4.69, 9.17) is 4.74 Å². The van der Waals surface area contributed by atoms with Crippen molar-refractivity contribution in [3.8, 4) is 17.0 Å². The Balaban J connectivity index is 1.44. The van der Waals surface area contributed by atoms with Crippen molar-refractivity contribution < 1.29 is 23.0 Å². The number of hydrogen-bond acceptors (Lipinski definition) is 7. The Morgan fingerprint density at radius 3 is 2.84 bits per heavy atom. The van der Waals surface area contributed by atoms with Crippen LogP contribution in [0.25, 0.3) is 27.5 Å². The number of piperidine rings is 1. The molecule has 11 heteroatoms. The number of nitrogens with zero attached hydrogens (tertiary/aromatic N) is 5. The topological polar surface area (TPSA) is 87.8 Å². The SMILES string of the molecule is CC(C)(O)CN1CC[C@H](Nc2nc(OCC(F)F)c3c(-c4ccc5ncccc5c4)ccn3n2)[C@H](F)C1. The largest absolute Gasteiger partial charge is 0.470 e. The molecule has 4 heterocycles. The number of pyridine rings is 1. The van der Waals surface area contributed by atoms with Crippen LogP contribution in [0.15, 0.2) is 48.8 Å². The number of aliphatic hydroxyl groups is 1. The lowest BCUT2D eigenvalue weighted by atomic mass is 10.0. The van der Waals surface area contributed by atoms with Gasteiger partial charge in [0.2, 0.25) is 11.8 Å². The van der Waals surface area contributed by atoms with Crippen molar-refractivity contribution in [3.63, 3.8) is 0 Å². The van der Waals surface area contributed by atoms with Gasteiger partial charge in [-0.3, -0.25) is 9.88 Å². The zero-order chi connectivity index (χ0) is 26.2. The molecule has 0 saturated carbocycles. The average molecular weight is 515 g/mol. The monoisotopic (exact) mass is 514 g/mol. The molecule has 8 nitrogen and oxygen atoms in total. The van der Waals surface area contributed by atoms with Gasteiger partial charge in [-0.15, -0.1) is 5.10 Å². The molecule has 1 aromatic carbocycles. The summed E-state index contributed by atoms with van der Waals surface area (Å²) in [4.78, 5) is 10.6. The number of ether oxygens (including phenoxy) is 1. The highest BCUT2D eigenvalue weighted by Crippen LogP contribution is 2.33. The van der Waals surface area contributed by atoms with Gasteiger partial charge < -0.3 is 15.2 Å². The lowest BCUT2D eigenvalue weighted by Crippen LogP contribution is -2.51. The van der Waals surface area contributed by atoms with Crippen LogP contribution < -0.4 is 10.1 Å². The molecule has 1 fully saturated rings. The molecule has 2 N–H and O–H groups in total. The number of alkyl halides is 3. The van der Waals surface area contributed by atoms with Crippen LogP contribution in [0.2, 0.25) is 0 Å². The van der Waals surface area contributed by atoms with Crippen molar-refractivity contribution in [1.82, 2.24) is 24.5 Å². The van der Waals surface area contributed by atoms with E-state index >= 15 is 0 Å². The number of likely N-dealkylation sites (tertiary alicyclic amines) is 1. The smallest absolute Gasteiger partial charge is 0.272 e. The third-order valence-corrected chi connectivity index (χ3v) is 6.29. The van der Waals surface area contributed by atoms with E-state index in [1.807, 2.05) is 41.3 Å². The molecule has 1 aliphatic heterocycles. The molecule has 0 spiro atoms. The summed E-state index contributed by atoms with van der Waals surface area (Å²) < 4.78 is 48.0. The van der Waals surface area contributed by atoms with Crippen LogP contribution in [0.3, 0.4) is 0 Å². The normalized spacial score (nSPS) is 19.1. The summed E-state index contributed by atoms with van der Waals surface area (Å²) in [6.07, 6.45) is -0.0418. The van der Waals surface area contributed by atoms with Gasteiger partial charge in [-0.25, -0.2) is 17.7 Å². The van der Waals surface area contributed by atoms with E-state index in [-0.39, 0.29) is 18.4 Å². The molecule has 37 heavy (non-hydrogen) atoms. The Morgan fingerprint density at radius 2 is 2.08 bits per heavy atom. The van der Waals surface area contributed by atoms with Gasteiger partial charge in [0.15, 0.2) is 6.61 Å². The Morgan fingerprint density at radius 1 is 1.24 bits per heavy atom. The van der Waals surface area contributed by atoms with Gasteiger partial charge >= 0.3 is 0 Å². The second kappa shape index (κ2) is 10.1. The third kappa shape index (κ3) is 5.78. The van der Waals surface area contributed by atoms with Gasteiger partial charge in [0.1, 0.15) is 11.7 Å². The molecule has 2 atom stereocenters. The Hall–Kier alpha value is -3.44. The van der Waals surface area contributed by atoms with Crippen LogP contribution in [-0.2, 0) is 0 Å². The fourth-order valence-electron chi connectivity index (χ4n) is 4.76. The van der Waals surface area contributed by atoms with Crippen molar-refractivity contribution in [2.45, 2.75) is 44.5 Å². The minimum Gasteiger partial charge on any atom is -0.470 e. The molecule has 4 aromatic rings. The summed E-state index contributed by atoms with van der Waals surface area (Å²) in [6, 6.07) is 10.8. The molecule has 196 valence electrons. The standard InChI is InChI=1S/C26H29F3N6O2/c1-26(2,36)15-34-10-8-21(19(27)13-34)31-25-32-24(37-14-22(28)29)23-18(7-11-35(23)33-25)16-5-6-20-17(12-16)4-3-9-30-20/h3-7,9,11-12,19,21-22,36H,8,10,13-15H2,1-2H3,(H,31,33)/t19-,21+/m1/s1. The highest BCUT2D eigenvalue weighted by atomic mass is 19.3. The predicted molar refractivity (Wildman–Crippen MR) is 135 cm³/mol. The molecule has 0 aliphatic carbocycles. The van der Waals surface area contributed by atoms with Crippen LogP contribution in [-0.4, -0.2) is 80.1 Å². The fraction of sp³-hybridized carbons (Fsp3) is 0.423. The summed E-state index contributed by atoms with van der Waals surface area (Å²) in [5, 5.41) is 18.5. The van der Waals surface area contributed by atoms with Crippen LogP contribution in [0.4, 0.5) is 19.1 Å².